The van der Waals surface area contributed by atoms with Crippen LogP contribution in [-0.2, 0) is 0 Å². The summed E-state index contributed by atoms with van der Waals surface area (Å²) < 4.78 is 5.50. The molecule has 0 aliphatic carbocycles. The van der Waals surface area contributed by atoms with Crippen LogP contribution in [0.5, 0.6) is 0 Å². The Morgan fingerprint density at radius 1 is 1.42 bits per heavy atom. The van der Waals surface area contributed by atoms with Gasteiger partial charge in [0.05, 0.1) is 6.61 Å². The van der Waals surface area contributed by atoms with E-state index in [1.165, 1.54) is 6.92 Å². The van der Waals surface area contributed by atoms with Crippen LogP contribution < -0.4 is 5.32 Å². The summed E-state index contributed by atoms with van der Waals surface area (Å²) in [5.41, 5.74) is 0.0751. The summed E-state index contributed by atoms with van der Waals surface area (Å²) >= 11 is 0. The van der Waals surface area contributed by atoms with Crippen molar-refractivity contribution in [2.24, 2.45) is 0 Å². The number of para-hydroxylation sites is 1. The predicted molar refractivity (Wildman–Crippen MR) is 71.0 cm³/mol. The van der Waals surface area contributed by atoms with Gasteiger partial charge in [-0.2, -0.15) is 0 Å². The van der Waals surface area contributed by atoms with Gasteiger partial charge in [-0.05, 0) is 19.9 Å². The number of aliphatic hydroxyl groups is 2. The lowest BCUT2D eigenvalue weighted by Gasteiger charge is -2.20. The Bertz CT molecular complexity index is 601. The summed E-state index contributed by atoms with van der Waals surface area (Å²) in [7, 11) is 0. The fourth-order valence-electron chi connectivity index (χ4n) is 1.80. The van der Waals surface area contributed by atoms with Crippen LogP contribution in [-0.4, -0.2) is 34.9 Å². The number of fused-ring (bicyclic) bond motifs is 1. The van der Waals surface area contributed by atoms with Crippen molar-refractivity contribution in [2.75, 3.05) is 13.2 Å². The highest BCUT2D eigenvalue weighted by Crippen LogP contribution is 2.24. The van der Waals surface area contributed by atoms with E-state index in [1.807, 2.05) is 25.1 Å². The zero-order chi connectivity index (χ0) is 14.0. The molecule has 1 heterocycles. The van der Waals surface area contributed by atoms with E-state index < -0.39 is 18.1 Å². The number of rotatable bonds is 4. The van der Waals surface area contributed by atoms with E-state index in [0.29, 0.717) is 5.58 Å². The summed E-state index contributed by atoms with van der Waals surface area (Å²) in [6.45, 7) is 2.79. The van der Waals surface area contributed by atoms with E-state index in [4.69, 9.17) is 9.52 Å². The molecule has 0 aliphatic rings. The first-order valence-electron chi connectivity index (χ1n) is 6.04. The van der Waals surface area contributed by atoms with Crippen LogP contribution in [0, 0.1) is 6.92 Å². The van der Waals surface area contributed by atoms with Crippen molar-refractivity contribution >= 4 is 16.9 Å². The zero-order valence-electron chi connectivity index (χ0n) is 10.9. The summed E-state index contributed by atoms with van der Waals surface area (Å²) in [5, 5.41) is 22.0. The van der Waals surface area contributed by atoms with Crippen LogP contribution in [0.25, 0.3) is 11.0 Å². The Kier molecular flexibility index (Phi) is 3.59. The van der Waals surface area contributed by atoms with Gasteiger partial charge < -0.3 is 19.9 Å². The molecule has 1 aromatic heterocycles. The minimum atomic E-state index is -1.34. The lowest BCUT2D eigenvalue weighted by Crippen LogP contribution is -2.43. The monoisotopic (exact) mass is 263 g/mol. The molecular weight excluding hydrogens is 246 g/mol. The van der Waals surface area contributed by atoms with Crippen LogP contribution >= 0.6 is 0 Å². The molecule has 0 spiro atoms. The average Bonchev–Trinajstić information content (AvgIpc) is 2.74. The molecule has 1 aromatic carbocycles. The summed E-state index contributed by atoms with van der Waals surface area (Å²) in [4.78, 5) is 12.0. The third-order valence-electron chi connectivity index (χ3n) is 3.02. The van der Waals surface area contributed by atoms with Crippen molar-refractivity contribution in [1.29, 1.82) is 0 Å². The Labute approximate surface area is 110 Å². The predicted octanol–water partition coefficient (Wildman–Crippen LogP) is 1.21. The molecule has 5 nitrogen and oxygen atoms in total. The van der Waals surface area contributed by atoms with Crippen molar-refractivity contribution in [2.45, 2.75) is 19.4 Å². The lowest BCUT2D eigenvalue weighted by molar-refractivity contribution is 0.00300. The number of furan rings is 1. The summed E-state index contributed by atoms with van der Waals surface area (Å²) in [5.74, 6) is -0.169. The quantitative estimate of drug-likeness (QED) is 0.774. The number of amides is 1. The maximum absolute atomic E-state index is 12.0. The number of aliphatic hydroxyl groups excluding tert-OH is 1. The maximum atomic E-state index is 12.0. The third kappa shape index (κ3) is 2.77. The van der Waals surface area contributed by atoms with Gasteiger partial charge >= 0.3 is 0 Å². The number of benzene rings is 1. The molecule has 1 unspecified atom stereocenters. The van der Waals surface area contributed by atoms with E-state index in [9.17, 15) is 9.90 Å². The van der Waals surface area contributed by atoms with Gasteiger partial charge in [0.1, 0.15) is 11.2 Å². The Balaban J connectivity index is 2.20. The average molecular weight is 263 g/mol. The second kappa shape index (κ2) is 5.03. The molecule has 0 saturated heterocycles. The highest BCUT2D eigenvalue weighted by Gasteiger charge is 2.23. The third-order valence-corrected chi connectivity index (χ3v) is 3.02. The van der Waals surface area contributed by atoms with Gasteiger partial charge in [0.25, 0.3) is 5.91 Å². The van der Waals surface area contributed by atoms with E-state index in [-0.39, 0.29) is 12.3 Å². The van der Waals surface area contributed by atoms with Crippen LogP contribution in [0.4, 0.5) is 0 Å². The number of carbonyl (C=O) groups is 1. The molecule has 0 radical (unpaired) electrons. The molecule has 0 saturated carbocycles. The summed E-state index contributed by atoms with van der Waals surface area (Å²) in [6, 6.07) is 7.39. The number of nitrogens with one attached hydrogen (secondary N) is 1. The van der Waals surface area contributed by atoms with Crippen LogP contribution in [0.1, 0.15) is 23.0 Å². The second-order valence-corrected chi connectivity index (χ2v) is 4.89. The molecule has 102 valence electrons. The minimum Gasteiger partial charge on any atom is -0.451 e. The molecule has 5 heteroatoms. The highest BCUT2D eigenvalue weighted by molar-refractivity contribution is 5.98. The molecular formula is C14H17NO4. The Morgan fingerprint density at radius 3 is 2.74 bits per heavy atom. The number of hydrogen-bond donors (Lipinski definition) is 3. The van der Waals surface area contributed by atoms with Crippen molar-refractivity contribution < 1.29 is 19.4 Å². The largest absolute Gasteiger partial charge is 0.451 e. The minimum absolute atomic E-state index is 0.0428. The van der Waals surface area contributed by atoms with Gasteiger partial charge in [-0.3, -0.25) is 4.79 Å². The van der Waals surface area contributed by atoms with E-state index in [2.05, 4.69) is 5.32 Å². The fraction of sp³-hybridized carbons (Fsp3) is 0.357. The van der Waals surface area contributed by atoms with Gasteiger partial charge in [-0.25, -0.2) is 0 Å². The first-order chi connectivity index (χ1) is 8.94. The molecule has 1 atom stereocenters. The second-order valence-electron chi connectivity index (χ2n) is 4.89. The van der Waals surface area contributed by atoms with Gasteiger partial charge in [-0.1, -0.05) is 18.2 Å². The molecule has 19 heavy (non-hydrogen) atoms. The van der Waals surface area contributed by atoms with Crippen molar-refractivity contribution in [3.8, 4) is 0 Å². The molecule has 1 amide bonds. The van der Waals surface area contributed by atoms with Crippen molar-refractivity contribution in [1.82, 2.24) is 5.32 Å². The topological polar surface area (TPSA) is 82.7 Å². The molecule has 3 N–H and O–H groups in total. The zero-order valence-corrected chi connectivity index (χ0v) is 10.9. The van der Waals surface area contributed by atoms with Crippen LogP contribution in [0.2, 0.25) is 0 Å². The Hall–Kier alpha value is -1.85. The lowest BCUT2D eigenvalue weighted by atomic mass is 10.1. The van der Waals surface area contributed by atoms with Gasteiger partial charge in [0.15, 0.2) is 5.76 Å². The Morgan fingerprint density at radius 2 is 2.11 bits per heavy atom. The fourth-order valence-corrected chi connectivity index (χ4v) is 1.80. The standard InChI is InChI=1S/C14H17NO4/c1-9-10-5-3-4-6-11(10)19-12(9)13(17)15-7-14(2,18)8-16/h3-6,16,18H,7-8H2,1-2H3,(H,15,17). The SMILES string of the molecule is Cc1c(C(=O)NCC(C)(O)CO)oc2ccccc12. The van der Waals surface area contributed by atoms with Crippen molar-refractivity contribution in [3.63, 3.8) is 0 Å². The molecule has 2 rings (SSSR count). The van der Waals surface area contributed by atoms with Gasteiger partial charge in [-0.15, -0.1) is 0 Å². The number of carbonyl (C=O) groups excluding carboxylic acids is 1. The normalized spacial score (nSPS) is 14.3. The first kappa shape index (κ1) is 13.6. The molecule has 0 aliphatic heterocycles. The molecule has 0 bridgehead atoms. The van der Waals surface area contributed by atoms with Gasteiger partial charge in [0.2, 0.25) is 0 Å². The highest BCUT2D eigenvalue weighted by atomic mass is 16.3. The number of aryl methyl sites for hydroxylation is 1. The van der Waals surface area contributed by atoms with E-state index >= 15 is 0 Å². The first-order valence-corrected chi connectivity index (χ1v) is 6.04. The molecule has 2 aromatic rings. The van der Waals surface area contributed by atoms with Crippen LogP contribution in [0.3, 0.4) is 0 Å². The smallest absolute Gasteiger partial charge is 0.287 e. The van der Waals surface area contributed by atoms with Crippen LogP contribution in [0.15, 0.2) is 28.7 Å². The van der Waals surface area contributed by atoms with E-state index in [1.54, 1.807) is 6.07 Å². The maximum Gasteiger partial charge on any atom is 0.287 e. The van der Waals surface area contributed by atoms with E-state index in [0.717, 1.165) is 10.9 Å². The number of hydrogen-bond acceptors (Lipinski definition) is 4. The van der Waals surface area contributed by atoms with Gasteiger partial charge in [0, 0.05) is 17.5 Å². The summed E-state index contributed by atoms with van der Waals surface area (Å²) in [6.07, 6.45) is 0. The van der Waals surface area contributed by atoms with Crippen molar-refractivity contribution in [3.05, 3.63) is 35.6 Å². The molecule has 0 fully saturated rings.